The summed E-state index contributed by atoms with van der Waals surface area (Å²) in [4.78, 5) is 40.1. The first kappa shape index (κ1) is 18.9. The van der Waals surface area contributed by atoms with Gasteiger partial charge in [-0.1, -0.05) is 23.7 Å². The SMILES string of the molecule is CC(C(=O)N(C)CCOc1ccc(Cl)cc1)N1C(=O)c2ccccc2C1=O. The van der Waals surface area contributed by atoms with Gasteiger partial charge in [0.25, 0.3) is 11.8 Å². The first-order valence-corrected chi connectivity index (χ1v) is 8.88. The van der Waals surface area contributed by atoms with Crippen molar-refractivity contribution in [2.45, 2.75) is 13.0 Å². The second kappa shape index (κ2) is 7.80. The standard InChI is InChI=1S/C20H19ClN2O4/c1-13(23-19(25)16-5-3-4-6-17(16)20(23)26)18(24)22(2)11-12-27-15-9-7-14(21)8-10-15/h3-10,13H,11-12H2,1-2H3. The molecule has 1 aliphatic rings. The lowest BCUT2D eigenvalue weighted by Gasteiger charge is -2.26. The molecule has 0 N–H and O–H groups in total. The number of imide groups is 1. The maximum Gasteiger partial charge on any atom is 0.262 e. The summed E-state index contributed by atoms with van der Waals surface area (Å²) >= 11 is 5.82. The Labute approximate surface area is 162 Å². The van der Waals surface area contributed by atoms with Gasteiger partial charge in [-0.3, -0.25) is 19.3 Å². The lowest BCUT2D eigenvalue weighted by atomic mass is 10.1. The van der Waals surface area contributed by atoms with Crippen LogP contribution in [-0.4, -0.2) is 53.8 Å². The van der Waals surface area contributed by atoms with Crippen LogP contribution < -0.4 is 4.74 Å². The summed E-state index contributed by atoms with van der Waals surface area (Å²) in [6, 6.07) is 12.6. The number of hydrogen-bond donors (Lipinski definition) is 0. The van der Waals surface area contributed by atoms with E-state index in [4.69, 9.17) is 16.3 Å². The molecule has 0 aliphatic carbocycles. The van der Waals surface area contributed by atoms with Crippen molar-refractivity contribution in [3.63, 3.8) is 0 Å². The number of likely N-dealkylation sites (N-methyl/N-ethyl adjacent to an activating group) is 1. The Balaban J connectivity index is 1.59. The summed E-state index contributed by atoms with van der Waals surface area (Å²) < 4.78 is 5.58. The van der Waals surface area contributed by atoms with Crippen LogP contribution in [-0.2, 0) is 4.79 Å². The Bertz CT molecular complexity index is 847. The molecule has 1 aliphatic heterocycles. The molecule has 0 saturated heterocycles. The number of carbonyl (C=O) groups excluding carboxylic acids is 3. The Morgan fingerprint density at radius 3 is 2.19 bits per heavy atom. The van der Waals surface area contributed by atoms with Crippen molar-refractivity contribution in [1.29, 1.82) is 0 Å². The fourth-order valence-corrected chi connectivity index (χ4v) is 3.06. The van der Waals surface area contributed by atoms with Crippen LogP contribution in [0.5, 0.6) is 5.75 Å². The maximum absolute atomic E-state index is 12.7. The van der Waals surface area contributed by atoms with E-state index in [1.165, 1.54) is 4.90 Å². The largest absolute Gasteiger partial charge is 0.492 e. The molecule has 0 radical (unpaired) electrons. The number of ether oxygens (including phenoxy) is 1. The lowest BCUT2D eigenvalue weighted by Crippen LogP contribution is -2.49. The number of nitrogens with zero attached hydrogens (tertiary/aromatic N) is 2. The van der Waals surface area contributed by atoms with Gasteiger partial charge >= 0.3 is 0 Å². The van der Waals surface area contributed by atoms with Crippen LogP contribution in [0.3, 0.4) is 0 Å². The highest BCUT2D eigenvalue weighted by Gasteiger charge is 2.41. The van der Waals surface area contributed by atoms with Gasteiger partial charge in [0.1, 0.15) is 18.4 Å². The molecule has 1 atom stereocenters. The van der Waals surface area contributed by atoms with E-state index in [9.17, 15) is 14.4 Å². The maximum atomic E-state index is 12.7. The van der Waals surface area contributed by atoms with Crippen LogP contribution in [0, 0.1) is 0 Å². The average Bonchev–Trinajstić information content (AvgIpc) is 2.93. The van der Waals surface area contributed by atoms with Gasteiger partial charge in [0, 0.05) is 12.1 Å². The highest BCUT2D eigenvalue weighted by molar-refractivity contribution is 6.30. The molecule has 0 aromatic heterocycles. The molecule has 2 aromatic carbocycles. The molecule has 3 rings (SSSR count). The van der Waals surface area contributed by atoms with Gasteiger partial charge < -0.3 is 9.64 Å². The number of halogens is 1. The van der Waals surface area contributed by atoms with Crippen LogP contribution in [0.1, 0.15) is 27.6 Å². The first-order valence-electron chi connectivity index (χ1n) is 8.50. The van der Waals surface area contributed by atoms with Gasteiger partial charge in [-0.05, 0) is 43.3 Å². The van der Waals surface area contributed by atoms with Crippen molar-refractivity contribution in [1.82, 2.24) is 9.80 Å². The fourth-order valence-electron chi connectivity index (χ4n) is 2.93. The molecule has 2 aromatic rings. The monoisotopic (exact) mass is 386 g/mol. The molecule has 1 heterocycles. The molecule has 0 spiro atoms. The van der Waals surface area contributed by atoms with Crippen molar-refractivity contribution in [2.75, 3.05) is 20.2 Å². The summed E-state index contributed by atoms with van der Waals surface area (Å²) in [6.45, 7) is 2.15. The summed E-state index contributed by atoms with van der Waals surface area (Å²) in [5.74, 6) is -0.567. The molecule has 1 unspecified atom stereocenters. The van der Waals surface area contributed by atoms with Crippen LogP contribution >= 0.6 is 11.6 Å². The Morgan fingerprint density at radius 1 is 1.07 bits per heavy atom. The molecule has 0 fully saturated rings. The molecule has 27 heavy (non-hydrogen) atoms. The number of carbonyl (C=O) groups is 3. The zero-order chi connectivity index (χ0) is 19.6. The number of amides is 3. The molecule has 0 saturated carbocycles. The second-order valence-electron chi connectivity index (χ2n) is 6.26. The fraction of sp³-hybridized carbons (Fsp3) is 0.250. The average molecular weight is 387 g/mol. The minimum atomic E-state index is -0.891. The highest BCUT2D eigenvalue weighted by Crippen LogP contribution is 2.25. The van der Waals surface area contributed by atoms with Gasteiger partial charge in [0.05, 0.1) is 17.7 Å². The van der Waals surface area contributed by atoms with Gasteiger partial charge in [0.15, 0.2) is 0 Å². The molecule has 6 nitrogen and oxygen atoms in total. The third-order valence-corrected chi connectivity index (χ3v) is 4.71. The van der Waals surface area contributed by atoms with Crippen LogP contribution in [0.4, 0.5) is 0 Å². The van der Waals surface area contributed by atoms with Gasteiger partial charge in [-0.15, -0.1) is 0 Å². The Morgan fingerprint density at radius 2 is 1.63 bits per heavy atom. The second-order valence-corrected chi connectivity index (χ2v) is 6.70. The van der Waals surface area contributed by atoms with Crippen LogP contribution in [0.15, 0.2) is 48.5 Å². The summed E-state index contributed by atoms with van der Waals surface area (Å²) in [5, 5.41) is 0.615. The van der Waals surface area contributed by atoms with Gasteiger partial charge in [0.2, 0.25) is 5.91 Å². The Kier molecular flexibility index (Phi) is 5.46. The van der Waals surface area contributed by atoms with Crippen LogP contribution in [0.25, 0.3) is 0 Å². The van der Waals surface area contributed by atoms with Gasteiger partial charge in [-0.25, -0.2) is 0 Å². The molecule has 3 amide bonds. The molecule has 0 bridgehead atoms. The van der Waals surface area contributed by atoms with Crippen molar-refractivity contribution in [2.24, 2.45) is 0 Å². The zero-order valence-electron chi connectivity index (χ0n) is 15.0. The third kappa shape index (κ3) is 3.80. The Hall–Kier alpha value is -2.86. The van der Waals surface area contributed by atoms with Crippen molar-refractivity contribution in [3.8, 4) is 5.75 Å². The number of fused-ring (bicyclic) bond motifs is 1. The molecular weight excluding hydrogens is 368 g/mol. The topological polar surface area (TPSA) is 66.9 Å². The number of rotatable bonds is 6. The zero-order valence-corrected chi connectivity index (χ0v) is 15.8. The summed E-state index contributed by atoms with van der Waals surface area (Å²) in [5.41, 5.74) is 0.659. The van der Waals surface area contributed by atoms with E-state index in [-0.39, 0.29) is 12.5 Å². The summed E-state index contributed by atoms with van der Waals surface area (Å²) in [6.07, 6.45) is 0. The smallest absolute Gasteiger partial charge is 0.262 e. The highest BCUT2D eigenvalue weighted by atomic mass is 35.5. The van der Waals surface area contributed by atoms with E-state index >= 15 is 0 Å². The molecule has 7 heteroatoms. The van der Waals surface area contributed by atoms with Crippen molar-refractivity contribution < 1.29 is 19.1 Å². The van der Waals surface area contributed by atoms with E-state index in [0.717, 1.165) is 4.90 Å². The van der Waals surface area contributed by atoms with E-state index in [1.807, 2.05) is 0 Å². The van der Waals surface area contributed by atoms with Crippen molar-refractivity contribution in [3.05, 3.63) is 64.7 Å². The van der Waals surface area contributed by atoms with Crippen LogP contribution in [0.2, 0.25) is 5.02 Å². The number of benzene rings is 2. The van der Waals surface area contributed by atoms with Gasteiger partial charge in [-0.2, -0.15) is 0 Å². The minimum absolute atomic E-state index is 0.276. The lowest BCUT2D eigenvalue weighted by molar-refractivity contribution is -0.133. The molecular formula is C20H19ClN2O4. The first-order chi connectivity index (χ1) is 12.9. The molecule has 140 valence electrons. The quantitative estimate of drug-likeness (QED) is 0.716. The third-order valence-electron chi connectivity index (χ3n) is 4.46. The number of hydrogen-bond acceptors (Lipinski definition) is 4. The van der Waals surface area contributed by atoms with Crippen molar-refractivity contribution >= 4 is 29.3 Å². The minimum Gasteiger partial charge on any atom is -0.492 e. The van der Waals surface area contributed by atoms with E-state index in [1.54, 1.807) is 62.5 Å². The normalized spacial score (nSPS) is 14.1. The van der Waals surface area contributed by atoms with E-state index in [0.29, 0.717) is 28.4 Å². The van der Waals surface area contributed by atoms with E-state index in [2.05, 4.69) is 0 Å². The predicted molar refractivity (Wildman–Crippen MR) is 101 cm³/mol. The van der Waals surface area contributed by atoms with E-state index < -0.39 is 17.9 Å². The predicted octanol–water partition coefficient (Wildman–Crippen LogP) is 2.86. The summed E-state index contributed by atoms with van der Waals surface area (Å²) in [7, 11) is 1.61.